The van der Waals surface area contributed by atoms with E-state index in [1.165, 1.54) is 18.4 Å². The largest absolute Gasteiger partial charge is 0.242 e. The highest BCUT2D eigenvalue weighted by Gasteiger charge is 2.19. The minimum atomic E-state index is -3.33. The lowest BCUT2D eigenvalue weighted by Gasteiger charge is -2.14. The first kappa shape index (κ1) is 12.7. The van der Waals surface area contributed by atoms with Gasteiger partial charge in [0.25, 0.3) is 0 Å². The number of halogens is 1. The normalized spacial score (nSPS) is 12.1. The van der Waals surface area contributed by atoms with Gasteiger partial charge < -0.3 is 0 Å². The van der Waals surface area contributed by atoms with Crippen molar-refractivity contribution in [3.05, 3.63) is 29.3 Å². The number of hydrogen-bond acceptors (Lipinski definition) is 2. The van der Waals surface area contributed by atoms with Gasteiger partial charge in [-0.2, -0.15) is 0 Å². The molecular weight excluding hydrogens is 278 g/mol. The summed E-state index contributed by atoms with van der Waals surface area (Å²) in [5, 5.41) is 0.656. The van der Waals surface area contributed by atoms with Gasteiger partial charge >= 0.3 is 0 Å². The fourth-order valence-corrected chi connectivity index (χ4v) is 2.72. The van der Waals surface area contributed by atoms with E-state index >= 15 is 0 Å². The van der Waals surface area contributed by atoms with Crippen molar-refractivity contribution in [2.75, 3.05) is 14.1 Å². The summed E-state index contributed by atoms with van der Waals surface area (Å²) in [5.41, 5.74) is 1.73. The second kappa shape index (κ2) is 4.63. The molecule has 0 heterocycles. The first-order valence-electron chi connectivity index (χ1n) is 4.47. The van der Waals surface area contributed by atoms with Crippen LogP contribution in [-0.2, 0) is 15.4 Å². The maximum Gasteiger partial charge on any atom is 0.242 e. The third-order valence-electron chi connectivity index (χ3n) is 2.17. The molecule has 5 heteroatoms. The summed E-state index contributed by atoms with van der Waals surface area (Å²) >= 11 is 3.31. The number of hydrogen-bond donors (Lipinski definition) is 0. The van der Waals surface area contributed by atoms with Crippen molar-refractivity contribution in [3.63, 3.8) is 0 Å². The molecule has 0 spiro atoms. The molecular formula is C10H14BrNO2S. The molecule has 0 atom stereocenters. The van der Waals surface area contributed by atoms with E-state index in [9.17, 15) is 8.42 Å². The number of sulfonamides is 1. The van der Waals surface area contributed by atoms with Crippen molar-refractivity contribution in [2.45, 2.75) is 17.1 Å². The fourth-order valence-electron chi connectivity index (χ4n) is 1.20. The number of benzene rings is 1. The average molecular weight is 292 g/mol. The Hall–Kier alpha value is -0.390. The molecule has 15 heavy (non-hydrogen) atoms. The van der Waals surface area contributed by atoms with Gasteiger partial charge in [0.15, 0.2) is 0 Å². The summed E-state index contributed by atoms with van der Waals surface area (Å²) in [7, 11) is -0.253. The lowest BCUT2D eigenvalue weighted by molar-refractivity contribution is 0.520. The van der Waals surface area contributed by atoms with Crippen LogP contribution in [0.1, 0.15) is 11.1 Å². The molecule has 84 valence electrons. The molecule has 0 aromatic heterocycles. The van der Waals surface area contributed by atoms with Crippen molar-refractivity contribution < 1.29 is 8.42 Å². The first-order valence-corrected chi connectivity index (χ1v) is 7.03. The van der Waals surface area contributed by atoms with Gasteiger partial charge in [-0.15, -0.1) is 0 Å². The number of aryl methyl sites for hydroxylation is 1. The Morgan fingerprint density at radius 1 is 1.33 bits per heavy atom. The molecule has 1 aromatic rings. The molecule has 0 amide bonds. The zero-order chi connectivity index (χ0) is 11.6. The summed E-state index contributed by atoms with van der Waals surface area (Å²) in [6.45, 7) is 1.80. The van der Waals surface area contributed by atoms with Crippen LogP contribution in [0.3, 0.4) is 0 Å². The highest BCUT2D eigenvalue weighted by atomic mass is 79.9. The van der Waals surface area contributed by atoms with Crippen LogP contribution in [0.25, 0.3) is 0 Å². The van der Waals surface area contributed by atoms with E-state index in [2.05, 4.69) is 15.9 Å². The Bertz CT molecular complexity index is 454. The highest BCUT2D eigenvalue weighted by Crippen LogP contribution is 2.20. The van der Waals surface area contributed by atoms with Crippen molar-refractivity contribution in [1.29, 1.82) is 0 Å². The van der Waals surface area contributed by atoms with Crippen LogP contribution in [0.5, 0.6) is 0 Å². The van der Waals surface area contributed by atoms with E-state index in [0.717, 1.165) is 11.1 Å². The van der Waals surface area contributed by atoms with Gasteiger partial charge in [-0.25, -0.2) is 12.7 Å². The minimum absolute atomic E-state index is 0.379. The molecule has 3 nitrogen and oxygen atoms in total. The Balaban J connectivity index is 3.37. The Labute approximate surface area is 99.3 Å². The van der Waals surface area contributed by atoms with Crippen molar-refractivity contribution in [1.82, 2.24) is 4.31 Å². The van der Waals surface area contributed by atoms with Gasteiger partial charge in [0.1, 0.15) is 0 Å². The minimum Gasteiger partial charge on any atom is -0.207 e. The second-order valence-corrected chi connectivity index (χ2v) is 6.20. The molecule has 0 radical (unpaired) electrons. The number of nitrogens with zero attached hydrogens (tertiary/aromatic N) is 1. The lowest BCUT2D eigenvalue weighted by Crippen LogP contribution is -2.23. The summed E-state index contributed by atoms with van der Waals surface area (Å²) in [6.07, 6.45) is 0. The smallest absolute Gasteiger partial charge is 0.207 e. The third-order valence-corrected chi connectivity index (χ3v) is 4.77. The maximum absolute atomic E-state index is 11.9. The van der Waals surface area contributed by atoms with Crippen molar-refractivity contribution >= 4 is 26.0 Å². The standard InChI is InChI=1S/C10H14BrNO2S/c1-8-4-5-9(7-11)6-10(8)15(13,14)12(2)3/h4-6H,7H2,1-3H3. The van der Waals surface area contributed by atoms with Gasteiger partial charge in [0, 0.05) is 19.4 Å². The molecule has 0 bridgehead atoms. The lowest BCUT2D eigenvalue weighted by atomic mass is 10.2. The SMILES string of the molecule is Cc1ccc(CBr)cc1S(=O)(=O)N(C)C. The molecule has 0 aliphatic rings. The quantitative estimate of drug-likeness (QED) is 0.800. The Kier molecular flexibility index (Phi) is 3.92. The van der Waals surface area contributed by atoms with E-state index in [-0.39, 0.29) is 0 Å². The van der Waals surface area contributed by atoms with Crippen LogP contribution in [-0.4, -0.2) is 26.8 Å². The van der Waals surface area contributed by atoms with Gasteiger partial charge in [-0.3, -0.25) is 0 Å². The first-order chi connectivity index (χ1) is 6.89. The molecule has 0 N–H and O–H groups in total. The summed E-state index contributed by atoms with van der Waals surface area (Å²) in [6, 6.07) is 5.45. The third kappa shape index (κ3) is 2.59. The molecule has 1 aromatic carbocycles. The fraction of sp³-hybridized carbons (Fsp3) is 0.400. The van der Waals surface area contributed by atoms with Crippen LogP contribution in [0, 0.1) is 6.92 Å². The zero-order valence-electron chi connectivity index (χ0n) is 8.99. The Morgan fingerprint density at radius 3 is 2.40 bits per heavy atom. The van der Waals surface area contributed by atoms with Crippen molar-refractivity contribution in [3.8, 4) is 0 Å². The molecule has 0 unspecified atom stereocenters. The number of rotatable bonds is 3. The maximum atomic E-state index is 11.9. The van der Waals surface area contributed by atoms with E-state index < -0.39 is 10.0 Å². The summed E-state index contributed by atoms with van der Waals surface area (Å²) in [4.78, 5) is 0.379. The zero-order valence-corrected chi connectivity index (χ0v) is 11.4. The van der Waals surface area contributed by atoms with E-state index in [1.807, 2.05) is 12.1 Å². The molecule has 0 aliphatic carbocycles. The molecule has 0 fully saturated rings. The monoisotopic (exact) mass is 291 g/mol. The van der Waals surface area contributed by atoms with Crippen molar-refractivity contribution in [2.24, 2.45) is 0 Å². The summed E-state index contributed by atoms with van der Waals surface area (Å²) in [5.74, 6) is 0. The van der Waals surface area contributed by atoms with Gasteiger partial charge in [0.2, 0.25) is 10.0 Å². The summed E-state index contributed by atoms with van der Waals surface area (Å²) < 4.78 is 25.1. The number of alkyl halides is 1. The topological polar surface area (TPSA) is 37.4 Å². The molecule has 0 saturated heterocycles. The van der Waals surface area contributed by atoms with E-state index in [0.29, 0.717) is 10.2 Å². The van der Waals surface area contributed by atoms with Crippen LogP contribution >= 0.6 is 15.9 Å². The average Bonchev–Trinajstić information content (AvgIpc) is 2.18. The highest BCUT2D eigenvalue weighted by molar-refractivity contribution is 9.08. The van der Waals surface area contributed by atoms with E-state index in [1.54, 1.807) is 13.0 Å². The van der Waals surface area contributed by atoms with Gasteiger partial charge in [-0.05, 0) is 24.1 Å². The molecule has 1 rings (SSSR count). The van der Waals surface area contributed by atoms with Gasteiger partial charge in [0.05, 0.1) is 4.90 Å². The molecule has 0 saturated carbocycles. The van der Waals surface area contributed by atoms with Crippen LogP contribution < -0.4 is 0 Å². The Morgan fingerprint density at radius 2 is 1.93 bits per heavy atom. The van der Waals surface area contributed by atoms with E-state index in [4.69, 9.17) is 0 Å². The predicted molar refractivity (Wildman–Crippen MR) is 64.7 cm³/mol. The molecule has 0 aliphatic heterocycles. The van der Waals surface area contributed by atoms with Gasteiger partial charge in [-0.1, -0.05) is 28.1 Å². The second-order valence-electron chi connectivity index (χ2n) is 3.52. The predicted octanol–water partition coefficient (Wildman–Crippen LogP) is 2.14. The van der Waals surface area contributed by atoms with Crippen LogP contribution in [0.4, 0.5) is 0 Å². The van der Waals surface area contributed by atoms with Crippen LogP contribution in [0.15, 0.2) is 23.1 Å². The van der Waals surface area contributed by atoms with Crippen LogP contribution in [0.2, 0.25) is 0 Å².